The van der Waals surface area contributed by atoms with Crippen molar-refractivity contribution < 1.29 is 22.6 Å². The first-order valence-corrected chi connectivity index (χ1v) is 5.66. The highest BCUT2D eigenvalue weighted by Gasteiger charge is 2.32. The zero-order valence-corrected chi connectivity index (χ0v) is 10.1. The summed E-state index contributed by atoms with van der Waals surface area (Å²) < 4.78 is 45.6. The van der Waals surface area contributed by atoms with Gasteiger partial charge in [-0.25, -0.2) is 0 Å². The standard InChI is InChI=1S/C10H9BrF3NO2/c11-8-3-6(16-7-4-15-5-7)1-2-9(8)17-10(12,13)14/h1-3,7,15H,4-5H2. The zero-order valence-electron chi connectivity index (χ0n) is 8.55. The first-order chi connectivity index (χ1) is 7.94. The maximum Gasteiger partial charge on any atom is 0.573 e. The summed E-state index contributed by atoms with van der Waals surface area (Å²) in [6, 6.07) is 4.13. The van der Waals surface area contributed by atoms with Crippen LogP contribution < -0.4 is 14.8 Å². The number of hydrogen-bond acceptors (Lipinski definition) is 3. The number of benzene rings is 1. The third-order valence-corrected chi connectivity index (χ3v) is 2.80. The molecule has 1 aliphatic heterocycles. The highest BCUT2D eigenvalue weighted by molar-refractivity contribution is 9.10. The van der Waals surface area contributed by atoms with Crippen LogP contribution in [0.4, 0.5) is 13.2 Å². The van der Waals surface area contributed by atoms with Crippen molar-refractivity contribution >= 4 is 15.9 Å². The van der Waals surface area contributed by atoms with E-state index in [1.54, 1.807) is 0 Å². The Morgan fingerprint density at radius 2 is 2.00 bits per heavy atom. The minimum absolute atomic E-state index is 0.0799. The summed E-state index contributed by atoms with van der Waals surface area (Å²) in [6.45, 7) is 1.50. The molecule has 0 bridgehead atoms. The lowest BCUT2D eigenvalue weighted by Crippen LogP contribution is -2.50. The van der Waals surface area contributed by atoms with Crippen LogP contribution in [0.15, 0.2) is 22.7 Å². The molecular weight excluding hydrogens is 303 g/mol. The Labute approximate surface area is 104 Å². The minimum Gasteiger partial charge on any atom is -0.488 e. The average molecular weight is 312 g/mol. The van der Waals surface area contributed by atoms with Gasteiger partial charge in [0.15, 0.2) is 0 Å². The fourth-order valence-electron chi connectivity index (χ4n) is 1.30. The Bertz CT molecular complexity index is 407. The van der Waals surface area contributed by atoms with Crippen LogP contribution in [0.1, 0.15) is 0 Å². The number of halogens is 4. The van der Waals surface area contributed by atoms with Gasteiger partial charge in [-0.05, 0) is 34.1 Å². The van der Waals surface area contributed by atoms with E-state index in [1.807, 2.05) is 0 Å². The maximum atomic E-state index is 12.0. The molecule has 1 fully saturated rings. The van der Waals surface area contributed by atoms with Crippen LogP contribution in [0.2, 0.25) is 0 Å². The van der Waals surface area contributed by atoms with Crippen molar-refractivity contribution in [3.05, 3.63) is 22.7 Å². The molecule has 0 radical (unpaired) electrons. The Morgan fingerprint density at radius 1 is 1.29 bits per heavy atom. The first kappa shape index (κ1) is 12.5. The number of ether oxygens (including phenoxy) is 2. The second kappa shape index (κ2) is 4.73. The third-order valence-electron chi connectivity index (χ3n) is 2.18. The molecule has 1 heterocycles. The SMILES string of the molecule is FC(F)(F)Oc1ccc(OC2CNC2)cc1Br. The number of hydrogen-bond donors (Lipinski definition) is 1. The summed E-state index contributed by atoms with van der Waals surface area (Å²) in [5.41, 5.74) is 0. The molecule has 1 aromatic carbocycles. The molecule has 0 unspecified atom stereocenters. The van der Waals surface area contributed by atoms with E-state index in [4.69, 9.17) is 4.74 Å². The quantitative estimate of drug-likeness (QED) is 0.931. The van der Waals surface area contributed by atoms with Gasteiger partial charge < -0.3 is 14.8 Å². The van der Waals surface area contributed by atoms with Gasteiger partial charge in [-0.1, -0.05) is 0 Å². The number of rotatable bonds is 3. The maximum absolute atomic E-state index is 12.0. The smallest absolute Gasteiger partial charge is 0.488 e. The molecule has 94 valence electrons. The molecule has 7 heteroatoms. The van der Waals surface area contributed by atoms with Crippen LogP contribution in [0.5, 0.6) is 11.5 Å². The van der Waals surface area contributed by atoms with E-state index in [-0.39, 0.29) is 16.3 Å². The Hall–Kier alpha value is -0.950. The highest BCUT2D eigenvalue weighted by Crippen LogP contribution is 2.33. The molecule has 0 saturated carbocycles. The summed E-state index contributed by atoms with van der Waals surface area (Å²) in [6.07, 6.45) is -4.61. The number of alkyl halides is 3. The molecule has 0 aliphatic carbocycles. The Kier molecular flexibility index (Phi) is 3.48. The van der Waals surface area contributed by atoms with Crippen molar-refractivity contribution in [1.82, 2.24) is 5.32 Å². The topological polar surface area (TPSA) is 30.5 Å². The molecule has 17 heavy (non-hydrogen) atoms. The predicted molar refractivity (Wildman–Crippen MR) is 58.1 cm³/mol. The van der Waals surface area contributed by atoms with Crippen molar-refractivity contribution in [2.75, 3.05) is 13.1 Å². The van der Waals surface area contributed by atoms with Gasteiger partial charge in [0.1, 0.15) is 17.6 Å². The highest BCUT2D eigenvalue weighted by atomic mass is 79.9. The molecule has 2 rings (SSSR count). The van der Waals surface area contributed by atoms with E-state index in [0.717, 1.165) is 13.1 Å². The zero-order chi connectivity index (χ0) is 12.5. The van der Waals surface area contributed by atoms with Crippen LogP contribution in [0.3, 0.4) is 0 Å². The van der Waals surface area contributed by atoms with Gasteiger partial charge in [0.05, 0.1) is 4.47 Å². The van der Waals surface area contributed by atoms with Crippen LogP contribution >= 0.6 is 15.9 Å². The molecule has 0 atom stereocenters. The molecule has 1 aromatic rings. The Morgan fingerprint density at radius 3 is 2.47 bits per heavy atom. The van der Waals surface area contributed by atoms with E-state index >= 15 is 0 Å². The van der Waals surface area contributed by atoms with Crippen LogP contribution in [0, 0.1) is 0 Å². The van der Waals surface area contributed by atoms with E-state index in [9.17, 15) is 13.2 Å². The summed E-state index contributed by atoms with van der Waals surface area (Å²) >= 11 is 3.01. The molecule has 0 spiro atoms. The molecule has 1 saturated heterocycles. The second-order valence-corrected chi connectivity index (χ2v) is 4.39. The average Bonchev–Trinajstić information content (AvgIpc) is 2.14. The molecular formula is C10H9BrF3NO2. The van der Waals surface area contributed by atoms with Crippen molar-refractivity contribution in [3.8, 4) is 11.5 Å². The van der Waals surface area contributed by atoms with Crippen molar-refractivity contribution in [2.24, 2.45) is 0 Å². The van der Waals surface area contributed by atoms with Gasteiger partial charge in [-0.3, -0.25) is 0 Å². The van der Waals surface area contributed by atoms with Gasteiger partial charge in [0, 0.05) is 13.1 Å². The fourth-order valence-corrected chi connectivity index (χ4v) is 1.74. The van der Waals surface area contributed by atoms with Crippen molar-refractivity contribution in [3.63, 3.8) is 0 Å². The third kappa shape index (κ3) is 3.50. The molecule has 1 N–H and O–H groups in total. The van der Waals surface area contributed by atoms with E-state index in [2.05, 4.69) is 26.0 Å². The molecule has 0 amide bonds. The molecule has 3 nitrogen and oxygen atoms in total. The monoisotopic (exact) mass is 311 g/mol. The lowest BCUT2D eigenvalue weighted by molar-refractivity contribution is -0.274. The van der Waals surface area contributed by atoms with E-state index in [0.29, 0.717) is 5.75 Å². The predicted octanol–water partition coefficient (Wildman–Crippen LogP) is 2.70. The summed E-state index contributed by atoms with van der Waals surface area (Å²) in [5.74, 6) is 0.231. The minimum atomic E-state index is -4.69. The van der Waals surface area contributed by atoms with Gasteiger partial charge >= 0.3 is 6.36 Å². The second-order valence-electron chi connectivity index (χ2n) is 3.54. The van der Waals surface area contributed by atoms with Crippen LogP contribution in [-0.4, -0.2) is 25.6 Å². The van der Waals surface area contributed by atoms with Crippen LogP contribution in [-0.2, 0) is 0 Å². The van der Waals surface area contributed by atoms with Gasteiger partial charge in [-0.2, -0.15) is 0 Å². The lowest BCUT2D eigenvalue weighted by atomic mass is 10.2. The lowest BCUT2D eigenvalue weighted by Gasteiger charge is -2.28. The molecule has 1 aliphatic rings. The normalized spacial score (nSPS) is 16.5. The largest absolute Gasteiger partial charge is 0.573 e. The van der Waals surface area contributed by atoms with Gasteiger partial charge in [0.2, 0.25) is 0 Å². The van der Waals surface area contributed by atoms with Crippen LogP contribution in [0.25, 0.3) is 0 Å². The van der Waals surface area contributed by atoms with E-state index in [1.165, 1.54) is 18.2 Å². The summed E-state index contributed by atoms with van der Waals surface area (Å²) in [4.78, 5) is 0. The summed E-state index contributed by atoms with van der Waals surface area (Å²) in [7, 11) is 0. The van der Waals surface area contributed by atoms with Gasteiger partial charge in [-0.15, -0.1) is 13.2 Å². The van der Waals surface area contributed by atoms with Crippen molar-refractivity contribution in [1.29, 1.82) is 0 Å². The fraction of sp³-hybridized carbons (Fsp3) is 0.400. The summed E-state index contributed by atoms with van der Waals surface area (Å²) in [5, 5.41) is 3.03. The molecule has 0 aromatic heterocycles. The van der Waals surface area contributed by atoms with E-state index < -0.39 is 6.36 Å². The Balaban J connectivity index is 2.05. The van der Waals surface area contributed by atoms with Crippen molar-refractivity contribution in [2.45, 2.75) is 12.5 Å². The number of nitrogens with one attached hydrogen (secondary N) is 1. The van der Waals surface area contributed by atoms with Gasteiger partial charge in [0.25, 0.3) is 0 Å². The first-order valence-electron chi connectivity index (χ1n) is 4.87.